The fourth-order valence-electron chi connectivity index (χ4n) is 2.22. The molecule has 0 aliphatic carbocycles. The molecule has 0 atom stereocenters. The zero-order chi connectivity index (χ0) is 17.1. The molecule has 0 saturated carbocycles. The Balaban J connectivity index is 2.18. The highest BCUT2D eigenvalue weighted by atomic mass is 16.6. The predicted octanol–water partition coefficient (Wildman–Crippen LogP) is 2.91. The number of amides is 1. The van der Waals surface area contributed by atoms with Gasteiger partial charge in [-0.1, -0.05) is 6.07 Å². The van der Waals surface area contributed by atoms with E-state index in [1.807, 2.05) is 20.9 Å². The van der Waals surface area contributed by atoms with E-state index in [1.54, 1.807) is 23.7 Å². The van der Waals surface area contributed by atoms with E-state index in [-0.39, 0.29) is 11.6 Å². The van der Waals surface area contributed by atoms with Gasteiger partial charge >= 0.3 is 0 Å². The number of benzene rings is 1. The molecule has 0 radical (unpaired) electrons. The van der Waals surface area contributed by atoms with Crippen LogP contribution in [-0.4, -0.2) is 20.6 Å². The Morgan fingerprint density at radius 2 is 2.04 bits per heavy atom. The van der Waals surface area contributed by atoms with Gasteiger partial charge in [0.05, 0.1) is 16.3 Å². The first-order valence-corrected chi connectivity index (χ1v) is 7.04. The highest BCUT2D eigenvalue weighted by Crippen LogP contribution is 2.22. The van der Waals surface area contributed by atoms with E-state index < -0.39 is 4.92 Å². The standard InChI is InChI=1S/C16H18N4O3/c1-10-5-6-13(20(22)23)9-15(10)17-16(21)8-7-14-11(2)18-19(4)12(14)3/h5-9H,1-4H3,(H,17,21)/b8-7+. The fourth-order valence-corrected chi connectivity index (χ4v) is 2.22. The maximum absolute atomic E-state index is 12.1. The molecule has 2 rings (SSSR count). The number of rotatable bonds is 4. The van der Waals surface area contributed by atoms with Crippen LogP contribution in [-0.2, 0) is 11.8 Å². The zero-order valence-corrected chi connectivity index (χ0v) is 13.5. The molecule has 120 valence electrons. The Hall–Kier alpha value is -2.96. The number of aromatic nitrogens is 2. The summed E-state index contributed by atoms with van der Waals surface area (Å²) >= 11 is 0. The van der Waals surface area contributed by atoms with Crippen molar-refractivity contribution >= 4 is 23.4 Å². The summed E-state index contributed by atoms with van der Waals surface area (Å²) in [7, 11) is 1.84. The van der Waals surface area contributed by atoms with Crippen molar-refractivity contribution in [2.45, 2.75) is 20.8 Å². The molecule has 23 heavy (non-hydrogen) atoms. The van der Waals surface area contributed by atoms with Crippen LogP contribution in [0.15, 0.2) is 24.3 Å². The zero-order valence-electron chi connectivity index (χ0n) is 13.5. The minimum atomic E-state index is -0.493. The molecule has 1 aromatic heterocycles. The lowest BCUT2D eigenvalue weighted by Crippen LogP contribution is -2.09. The first kappa shape index (κ1) is 16.4. The molecule has 0 saturated heterocycles. The molecule has 1 N–H and O–H groups in total. The molecular weight excluding hydrogens is 296 g/mol. The molecule has 0 aliphatic heterocycles. The van der Waals surface area contributed by atoms with E-state index in [9.17, 15) is 14.9 Å². The minimum absolute atomic E-state index is 0.0613. The number of nitrogens with one attached hydrogen (secondary N) is 1. The monoisotopic (exact) mass is 314 g/mol. The molecule has 0 aliphatic rings. The summed E-state index contributed by atoms with van der Waals surface area (Å²) in [6, 6.07) is 4.36. The van der Waals surface area contributed by atoms with Crippen molar-refractivity contribution < 1.29 is 9.72 Å². The third-order valence-corrected chi connectivity index (χ3v) is 3.66. The molecule has 1 aromatic carbocycles. The third kappa shape index (κ3) is 3.63. The molecule has 0 fully saturated rings. The van der Waals surface area contributed by atoms with E-state index in [1.165, 1.54) is 18.2 Å². The van der Waals surface area contributed by atoms with Gasteiger partial charge in [-0.2, -0.15) is 5.10 Å². The van der Waals surface area contributed by atoms with Crippen LogP contribution in [0.1, 0.15) is 22.5 Å². The van der Waals surface area contributed by atoms with Crippen LogP contribution in [0, 0.1) is 30.9 Å². The van der Waals surface area contributed by atoms with Gasteiger partial charge in [-0.3, -0.25) is 19.6 Å². The Labute approximate surface area is 133 Å². The number of carbonyl (C=O) groups excluding carboxylic acids is 1. The Morgan fingerprint density at radius 3 is 2.61 bits per heavy atom. The van der Waals surface area contributed by atoms with Crippen LogP contribution in [0.2, 0.25) is 0 Å². The van der Waals surface area contributed by atoms with Crippen LogP contribution in [0.3, 0.4) is 0 Å². The van der Waals surface area contributed by atoms with E-state index in [2.05, 4.69) is 10.4 Å². The SMILES string of the molecule is Cc1ccc([N+](=O)[O-])cc1NC(=O)/C=C/c1c(C)nn(C)c1C. The summed E-state index contributed by atoms with van der Waals surface area (Å²) in [6.45, 7) is 5.57. The predicted molar refractivity (Wildman–Crippen MR) is 88.2 cm³/mol. The quantitative estimate of drug-likeness (QED) is 0.534. The normalized spacial score (nSPS) is 11.0. The van der Waals surface area contributed by atoms with Gasteiger partial charge < -0.3 is 5.32 Å². The van der Waals surface area contributed by atoms with Gasteiger partial charge in [0, 0.05) is 36.5 Å². The Bertz CT molecular complexity index is 806. The Kier molecular flexibility index (Phi) is 4.59. The van der Waals surface area contributed by atoms with E-state index in [0.29, 0.717) is 5.69 Å². The minimum Gasteiger partial charge on any atom is -0.322 e. The van der Waals surface area contributed by atoms with Gasteiger partial charge in [-0.05, 0) is 32.4 Å². The summed E-state index contributed by atoms with van der Waals surface area (Å²) < 4.78 is 1.75. The number of hydrogen-bond donors (Lipinski definition) is 1. The van der Waals surface area contributed by atoms with Crippen LogP contribution in [0.25, 0.3) is 6.08 Å². The van der Waals surface area contributed by atoms with Crippen molar-refractivity contribution in [2.24, 2.45) is 7.05 Å². The van der Waals surface area contributed by atoms with Crippen molar-refractivity contribution in [1.29, 1.82) is 0 Å². The molecule has 1 heterocycles. The van der Waals surface area contributed by atoms with Crippen molar-refractivity contribution in [3.63, 3.8) is 0 Å². The molecular formula is C16H18N4O3. The van der Waals surface area contributed by atoms with Gasteiger partial charge in [0.25, 0.3) is 5.69 Å². The molecule has 7 heteroatoms. The third-order valence-electron chi connectivity index (χ3n) is 3.66. The molecule has 1 amide bonds. The van der Waals surface area contributed by atoms with Crippen LogP contribution in [0.4, 0.5) is 11.4 Å². The lowest BCUT2D eigenvalue weighted by Gasteiger charge is -2.06. The summed E-state index contributed by atoms with van der Waals surface area (Å²) in [4.78, 5) is 22.4. The number of aryl methyl sites for hydroxylation is 3. The van der Waals surface area contributed by atoms with Gasteiger partial charge in [-0.25, -0.2) is 0 Å². The molecule has 0 bridgehead atoms. The number of nitrogens with zero attached hydrogens (tertiary/aromatic N) is 3. The lowest BCUT2D eigenvalue weighted by molar-refractivity contribution is -0.384. The topological polar surface area (TPSA) is 90.1 Å². The van der Waals surface area contributed by atoms with Gasteiger partial charge in [-0.15, -0.1) is 0 Å². The maximum Gasteiger partial charge on any atom is 0.271 e. The highest BCUT2D eigenvalue weighted by Gasteiger charge is 2.10. The van der Waals surface area contributed by atoms with Crippen molar-refractivity contribution in [2.75, 3.05) is 5.32 Å². The number of nitro groups is 1. The first-order chi connectivity index (χ1) is 10.8. The summed E-state index contributed by atoms with van der Waals surface area (Å²) in [5.74, 6) is -0.351. The largest absolute Gasteiger partial charge is 0.322 e. The maximum atomic E-state index is 12.1. The molecule has 0 unspecified atom stereocenters. The molecule has 0 spiro atoms. The smallest absolute Gasteiger partial charge is 0.271 e. The van der Waals surface area contributed by atoms with Crippen LogP contribution >= 0.6 is 0 Å². The first-order valence-electron chi connectivity index (χ1n) is 7.04. The van der Waals surface area contributed by atoms with Gasteiger partial charge in [0.2, 0.25) is 5.91 Å². The van der Waals surface area contributed by atoms with Crippen molar-refractivity contribution in [1.82, 2.24) is 9.78 Å². The van der Waals surface area contributed by atoms with E-state index >= 15 is 0 Å². The summed E-state index contributed by atoms with van der Waals surface area (Å²) in [5.41, 5.74) is 3.80. The average Bonchev–Trinajstić information content (AvgIpc) is 2.72. The Morgan fingerprint density at radius 1 is 1.35 bits per heavy atom. The number of hydrogen-bond acceptors (Lipinski definition) is 4. The summed E-state index contributed by atoms with van der Waals surface area (Å²) in [6.07, 6.45) is 3.09. The second-order valence-electron chi connectivity index (χ2n) is 5.29. The fraction of sp³-hybridized carbons (Fsp3) is 0.250. The van der Waals surface area contributed by atoms with Crippen LogP contribution in [0.5, 0.6) is 0 Å². The number of non-ortho nitro benzene ring substituents is 1. The highest BCUT2D eigenvalue weighted by molar-refractivity contribution is 6.02. The number of carbonyl (C=O) groups is 1. The van der Waals surface area contributed by atoms with E-state index in [4.69, 9.17) is 0 Å². The van der Waals surface area contributed by atoms with Crippen LogP contribution < -0.4 is 5.32 Å². The van der Waals surface area contributed by atoms with Crippen molar-refractivity contribution in [3.05, 3.63) is 56.9 Å². The van der Waals surface area contributed by atoms with Crippen molar-refractivity contribution in [3.8, 4) is 0 Å². The second-order valence-corrected chi connectivity index (χ2v) is 5.29. The summed E-state index contributed by atoms with van der Waals surface area (Å²) in [5, 5.41) is 17.7. The number of anilines is 1. The average molecular weight is 314 g/mol. The van der Waals surface area contributed by atoms with Gasteiger partial charge in [0.1, 0.15) is 0 Å². The lowest BCUT2D eigenvalue weighted by atomic mass is 10.1. The number of nitro benzene ring substituents is 1. The van der Waals surface area contributed by atoms with E-state index in [0.717, 1.165) is 22.5 Å². The van der Waals surface area contributed by atoms with Gasteiger partial charge in [0.15, 0.2) is 0 Å². The molecule has 2 aromatic rings. The second kappa shape index (κ2) is 6.43. The molecule has 7 nitrogen and oxygen atoms in total.